The minimum atomic E-state index is -0.661. The average molecular weight is 273 g/mol. The number of rotatable bonds is 8. The van der Waals surface area contributed by atoms with Gasteiger partial charge in [-0.15, -0.1) is 0 Å². The van der Waals surface area contributed by atoms with Crippen molar-refractivity contribution in [3.63, 3.8) is 0 Å². The van der Waals surface area contributed by atoms with Crippen molar-refractivity contribution in [3.05, 3.63) is 0 Å². The van der Waals surface area contributed by atoms with Crippen LogP contribution < -0.4 is 0 Å². The summed E-state index contributed by atoms with van der Waals surface area (Å²) in [5, 5.41) is 8.98. The highest BCUT2D eigenvalue weighted by Crippen LogP contribution is 2.23. The minimum absolute atomic E-state index is 0.238. The van der Waals surface area contributed by atoms with Gasteiger partial charge in [0.2, 0.25) is 0 Å². The first kappa shape index (κ1) is 15.8. The molecule has 0 spiro atoms. The first-order valence-corrected chi connectivity index (χ1v) is 8.36. The molecule has 0 aromatic rings. The molecular weight excluding hydrogens is 246 g/mol. The maximum absolute atomic E-state index is 10.9. The largest absolute Gasteiger partial charge is 0.481 e. The number of hydrogen-bond acceptors (Lipinski definition) is 3. The quantitative estimate of drug-likeness (QED) is 0.689. The molecule has 0 saturated carbocycles. The number of carboxylic acid groups (broad SMARTS) is 1. The number of unbranched alkanes of at least 4 members (excludes halogenated alkanes) is 3. The van der Waals surface area contributed by atoms with E-state index in [9.17, 15) is 4.79 Å². The van der Waals surface area contributed by atoms with Gasteiger partial charge in [0.05, 0.1) is 6.42 Å². The Hall–Kier alpha value is -0.220. The highest BCUT2D eigenvalue weighted by Gasteiger charge is 2.28. The second kappa shape index (κ2) is 8.81. The van der Waals surface area contributed by atoms with E-state index in [-0.39, 0.29) is 6.04 Å². The molecule has 1 rings (SSSR count). The normalized spacial score (nSPS) is 22.9. The molecule has 1 aliphatic heterocycles. The van der Waals surface area contributed by atoms with Gasteiger partial charge in [-0.25, -0.2) is 0 Å². The molecule has 0 radical (unpaired) electrons. The lowest BCUT2D eigenvalue weighted by atomic mass is 10.0. The van der Waals surface area contributed by atoms with Crippen LogP contribution in [0, 0.1) is 0 Å². The molecule has 1 N–H and O–H groups in total. The molecule has 2 atom stereocenters. The molecule has 2 unspecified atom stereocenters. The van der Waals surface area contributed by atoms with E-state index in [1.807, 2.05) is 11.8 Å². The van der Waals surface area contributed by atoms with Crippen LogP contribution in [0.2, 0.25) is 0 Å². The highest BCUT2D eigenvalue weighted by molar-refractivity contribution is 7.99. The van der Waals surface area contributed by atoms with Gasteiger partial charge < -0.3 is 5.11 Å². The second-order valence-corrected chi connectivity index (χ2v) is 6.41. The zero-order valence-corrected chi connectivity index (χ0v) is 12.5. The lowest BCUT2D eigenvalue weighted by Gasteiger charge is -2.39. The number of carboxylic acids is 1. The van der Waals surface area contributed by atoms with E-state index in [2.05, 4.69) is 18.7 Å². The van der Waals surface area contributed by atoms with Crippen LogP contribution in [0.3, 0.4) is 0 Å². The summed E-state index contributed by atoms with van der Waals surface area (Å²) in [5.41, 5.74) is 0. The van der Waals surface area contributed by atoms with Crippen LogP contribution in [0.4, 0.5) is 0 Å². The molecular formula is C14H27NO2S. The fourth-order valence-electron chi connectivity index (χ4n) is 2.66. The van der Waals surface area contributed by atoms with Crippen molar-refractivity contribution in [1.29, 1.82) is 0 Å². The Kier molecular flexibility index (Phi) is 7.75. The number of nitrogens with zero attached hydrogens (tertiary/aromatic N) is 1. The average Bonchev–Trinajstić information content (AvgIpc) is 2.34. The van der Waals surface area contributed by atoms with Crippen LogP contribution >= 0.6 is 11.8 Å². The Labute approximate surface area is 115 Å². The Morgan fingerprint density at radius 2 is 2.22 bits per heavy atom. The predicted octanol–water partition coefficient (Wildman–Crippen LogP) is 3.24. The summed E-state index contributed by atoms with van der Waals surface area (Å²) >= 11 is 1.89. The van der Waals surface area contributed by atoms with Gasteiger partial charge in [0.1, 0.15) is 0 Å². The molecule has 0 aromatic heterocycles. The van der Waals surface area contributed by atoms with E-state index in [4.69, 9.17) is 5.11 Å². The number of aliphatic carboxylic acids is 1. The van der Waals surface area contributed by atoms with Gasteiger partial charge in [0.25, 0.3) is 0 Å². The Morgan fingerprint density at radius 3 is 2.89 bits per heavy atom. The fraction of sp³-hybridized carbons (Fsp3) is 0.929. The molecule has 0 bridgehead atoms. The van der Waals surface area contributed by atoms with Crippen molar-refractivity contribution in [2.45, 2.75) is 64.5 Å². The smallest absolute Gasteiger partial charge is 0.304 e. The van der Waals surface area contributed by atoms with Crippen LogP contribution in [0.5, 0.6) is 0 Å². The molecule has 0 aromatic carbocycles. The van der Waals surface area contributed by atoms with Gasteiger partial charge in [-0.05, 0) is 13.3 Å². The second-order valence-electron chi connectivity index (χ2n) is 5.26. The van der Waals surface area contributed by atoms with Gasteiger partial charge >= 0.3 is 5.97 Å². The van der Waals surface area contributed by atoms with E-state index >= 15 is 0 Å². The summed E-state index contributed by atoms with van der Waals surface area (Å²) in [6.45, 7) is 5.54. The zero-order valence-electron chi connectivity index (χ0n) is 11.7. The molecule has 106 valence electrons. The van der Waals surface area contributed by atoms with Crippen molar-refractivity contribution < 1.29 is 9.90 Å². The minimum Gasteiger partial charge on any atom is -0.481 e. The third-order valence-electron chi connectivity index (χ3n) is 3.72. The first-order valence-electron chi connectivity index (χ1n) is 7.20. The van der Waals surface area contributed by atoms with E-state index in [1.54, 1.807) is 0 Å². The lowest BCUT2D eigenvalue weighted by Crippen LogP contribution is -2.48. The summed E-state index contributed by atoms with van der Waals surface area (Å²) in [7, 11) is 0. The molecule has 18 heavy (non-hydrogen) atoms. The molecule has 1 heterocycles. The van der Waals surface area contributed by atoms with Crippen molar-refractivity contribution in [3.8, 4) is 0 Å². The van der Waals surface area contributed by atoms with Crippen LogP contribution in [-0.4, -0.2) is 46.1 Å². The topological polar surface area (TPSA) is 40.5 Å². The predicted molar refractivity (Wildman–Crippen MR) is 78.3 cm³/mol. The van der Waals surface area contributed by atoms with Crippen molar-refractivity contribution >= 4 is 17.7 Å². The number of carbonyl (C=O) groups is 1. The van der Waals surface area contributed by atoms with E-state index in [0.717, 1.165) is 18.1 Å². The van der Waals surface area contributed by atoms with Crippen LogP contribution in [-0.2, 0) is 4.79 Å². The first-order chi connectivity index (χ1) is 8.65. The number of thioether (sulfide) groups is 1. The Morgan fingerprint density at radius 1 is 1.44 bits per heavy atom. The molecule has 1 fully saturated rings. The summed E-state index contributed by atoms with van der Waals surface area (Å²) in [4.78, 5) is 13.3. The SMILES string of the molecule is CCCCCCC(C)N1CCSCC1CC(=O)O. The summed E-state index contributed by atoms with van der Waals surface area (Å²) < 4.78 is 0. The standard InChI is InChI=1S/C14H27NO2S/c1-3-4-5-6-7-12(2)15-8-9-18-11-13(15)10-14(16)17/h12-13H,3-11H2,1-2H3,(H,16,17). The van der Waals surface area contributed by atoms with Gasteiger partial charge in [0, 0.05) is 30.1 Å². The maximum atomic E-state index is 10.9. The van der Waals surface area contributed by atoms with Gasteiger partial charge in [0.15, 0.2) is 0 Å². The summed E-state index contributed by atoms with van der Waals surface area (Å²) in [6, 6.07) is 0.773. The lowest BCUT2D eigenvalue weighted by molar-refractivity contribution is -0.138. The molecule has 1 saturated heterocycles. The van der Waals surface area contributed by atoms with Gasteiger partial charge in [-0.1, -0.05) is 32.6 Å². The van der Waals surface area contributed by atoms with E-state index in [0.29, 0.717) is 12.5 Å². The molecule has 4 heteroatoms. The van der Waals surface area contributed by atoms with Crippen LogP contribution in [0.15, 0.2) is 0 Å². The zero-order chi connectivity index (χ0) is 13.4. The summed E-state index contributed by atoms with van der Waals surface area (Å²) in [5.74, 6) is 1.46. The molecule has 3 nitrogen and oxygen atoms in total. The fourth-order valence-corrected chi connectivity index (χ4v) is 3.75. The van der Waals surface area contributed by atoms with Gasteiger partial charge in [-0.2, -0.15) is 11.8 Å². The van der Waals surface area contributed by atoms with E-state index < -0.39 is 5.97 Å². The summed E-state index contributed by atoms with van der Waals surface area (Å²) in [6.07, 6.45) is 6.69. The molecule has 0 amide bonds. The third kappa shape index (κ3) is 5.61. The highest BCUT2D eigenvalue weighted by atomic mass is 32.2. The Bertz CT molecular complexity index is 248. The van der Waals surface area contributed by atoms with Gasteiger partial charge in [-0.3, -0.25) is 9.69 Å². The molecule has 0 aliphatic carbocycles. The van der Waals surface area contributed by atoms with Crippen LogP contribution in [0.1, 0.15) is 52.4 Å². The van der Waals surface area contributed by atoms with E-state index in [1.165, 1.54) is 32.1 Å². The van der Waals surface area contributed by atoms with Crippen molar-refractivity contribution in [2.75, 3.05) is 18.1 Å². The molecule has 1 aliphatic rings. The van der Waals surface area contributed by atoms with Crippen LogP contribution in [0.25, 0.3) is 0 Å². The third-order valence-corrected chi connectivity index (χ3v) is 4.82. The van der Waals surface area contributed by atoms with Crippen molar-refractivity contribution in [1.82, 2.24) is 4.90 Å². The van der Waals surface area contributed by atoms with Crippen molar-refractivity contribution in [2.24, 2.45) is 0 Å². The number of hydrogen-bond donors (Lipinski definition) is 1. The Balaban J connectivity index is 2.36. The monoisotopic (exact) mass is 273 g/mol. The maximum Gasteiger partial charge on any atom is 0.304 e.